The quantitative estimate of drug-likeness (QED) is 0.713. The van der Waals surface area contributed by atoms with Crippen LogP contribution in [0, 0.1) is 11.8 Å². The predicted octanol–water partition coefficient (Wildman–Crippen LogP) is 2.75. The Bertz CT molecular complexity index is 325. The second-order valence-corrected chi connectivity index (χ2v) is 4.95. The molecular formula is C13H20N2. The van der Waals surface area contributed by atoms with Gasteiger partial charge in [-0.05, 0) is 36.5 Å². The van der Waals surface area contributed by atoms with Gasteiger partial charge in [0.05, 0.1) is 0 Å². The average Bonchev–Trinajstić information content (AvgIpc) is 2.16. The summed E-state index contributed by atoms with van der Waals surface area (Å²) in [5.41, 5.74) is 7.94. The van der Waals surface area contributed by atoms with E-state index in [-0.39, 0.29) is 0 Å². The maximum atomic E-state index is 5.81. The van der Waals surface area contributed by atoms with Crippen molar-refractivity contribution in [2.75, 3.05) is 23.7 Å². The van der Waals surface area contributed by atoms with Crippen LogP contribution in [0.2, 0.25) is 0 Å². The summed E-state index contributed by atoms with van der Waals surface area (Å²) in [6.07, 6.45) is 1.35. The highest BCUT2D eigenvalue weighted by atomic mass is 15.1. The zero-order valence-corrected chi connectivity index (χ0v) is 9.61. The summed E-state index contributed by atoms with van der Waals surface area (Å²) in [7, 11) is 0. The molecule has 0 saturated carbocycles. The van der Waals surface area contributed by atoms with Crippen LogP contribution in [-0.2, 0) is 0 Å². The second-order valence-electron chi connectivity index (χ2n) is 4.95. The maximum absolute atomic E-state index is 5.81. The molecule has 15 heavy (non-hydrogen) atoms. The van der Waals surface area contributed by atoms with Gasteiger partial charge in [-0.1, -0.05) is 19.9 Å². The lowest BCUT2D eigenvalue weighted by Gasteiger charge is -2.36. The minimum Gasteiger partial charge on any atom is -0.399 e. The number of nitrogens with zero attached hydrogens (tertiary/aromatic N) is 1. The van der Waals surface area contributed by atoms with Crippen molar-refractivity contribution < 1.29 is 0 Å². The van der Waals surface area contributed by atoms with E-state index < -0.39 is 0 Å². The zero-order chi connectivity index (χ0) is 10.8. The highest BCUT2D eigenvalue weighted by Crippen LogP contribution is 2.26. The Hall–Kier alpha value is -1.18. The summed E-state index contributed by atoms with van der Waals surface area (Å²) in [5.74, 6) is 1.57. The first-order valence-electron chi connectivity index (χ1n) is 5.75. The van der Waals surface area contributed by atoms with E-state index in [1.165, 1.54) is 12.1 Å². The Balaban J connectivity index is 2.16. The third-order valence-corrected chi connectivity index (χ3v) is 3.10. The summed E-state index contributed by atoms with van der Waals surface area (Å²) in [6, 6.07) is 8.21. The second kappa shape index (κ2) is 4.13. The summed E-state index contributed by atoms with van der Waals surface area (Å²) < 4.78 is 0. The summed E-state index contributed by atoms with van der Waals surface area (Å²) in [5, 5.41) is 0. The average molecular weight is 204 g/mol. The van der Waals surface area contributed by atoms with Crippen molar-refractivity contribution >= 4 is 11.4 Å². The van der Waals surface area contributed by atoms with Crippen LogP contribution in [0.5, 0.6) is 0 Å². The zero-order valence-electron chi connectivity index (χ0n) is 9.61. The molecule has 2 rings (SSSR count). The molecule has 1 aliphatic heterocycles. The molecule has 1 aromatic rings. The molecule has 1 heterocycles. The van der Waals surface area contributed by atoms with E-state index in [1.807, 2.05) is 12.1 Å². The van der Waals surface area contributed by atoms with E-state index in [9.17, 15) is 0 Å². The topological polar surface area (TPSA) is 29.3 Å². The van der Waals surface area contributed by atoms with Crippen molar-refractivity contribution in [3.8, 4) is 0 Å². The van der Waals surface area contributed by atoms with Crippen LogP contribution in [0.15, 0.2) is 24.3 Å². The van der Waals surface area contributed by atoms with E-state index in [4.69, 9.17) is 5.73 Å². The normalized spacial score (nSPS) is 26.7. The van der Waals surface area contributed by atoms with E-state index >= 15 is 0 Å². The number of nitrogens with two attached hydrogens (primary N) is 1. The number of hydrogen-bond acceptors (Lipinski definition) is 2. The fraction of sp³-hybridized carbons (Fsp3) is 0.538. The number of benzene rings is 1. The molecule has 2 heteroatoms. The molecular weight excluding hydrogens is 184 g/mol. The Morgan fingerprint density at radius 1 is 1.20 bits per heavy atom. The van der Waals surface area contributed by atoms with Crippen LogP contribution in [0.25, 0.3) is 0 Å². The lowest BCUT2D eigenvalue weighted by molar-refractivity contribution is 0.357. The van der Waals surface area contributed by atoms with Gasteiger partial charge in [-0.3, -0.25) is 0 Å². The van der Waals surface area contributed by atoms with Gasteiger partial charge >= 0.3 is 0 Å². The molecule has 82 valence electrons. The molecule has 1 saturated heterocycles. The molecule has 1 fully saturated rings. The Kier molecular flexibility index (Phi) is 2.85. The molecule has 0 aliphatic carbocycles. The Labute approximate surface area is 92.1 Å². The summed E-state index contributed by atoms with van der Waals surface area (Å²) in [6.45, 7) is 6.98. The van der Waals surface area contributed by atoms with E-state index in [1.54, 1.807) is 0 Å². The minimum absolute atomic E-state index is 0.787. The number of piperidine rings is 1. The highest BCUT2D eigenvalue weighted by Gasteiger charge is 2.21. The van der Waals surface area contributed by atoms with E-state index in [0.29, 0.717) is 0 Å². The van der Waals surface area contributed by atoms with Crippen LogP contribution >= 0.6 is 0 Å². The van der Waals surface area contributed by atoms with Crippen LogP contribution in [-0.4, -0.2) is 13.1 Å². The monoisotopic (exact) mass is 204 g/mol. The number of rotatable bonds is 1. The van der Waals surface area contributed by atoms with Gasteiger partial charge in [0.1, 0.15) is 0 Å². The van der Waals surface area contributed by atoms with Gasteiger partial charge in [-0.2, -0.15) is 0 Å². The molecule has 1 aromatic carbocycles. The number of anilines is 2. The van der Waals surface area contributed by atoms with Gasteiger partial charge in [0.2, 0.25) is 0 Å². The van der Waals surface area contributed by atoms with Crippen molar-refractivity contribution in [3.63, 3.8) is 0 Å². The predicted molar refractivity (Wildman–Crippen MR) is 66.0 cm³/mol. The van der Waals surface area contributed by atoms with Gasteiger partial charge in [0.25, 0.3) is 0 Å². The summed E-state index contributed by atoms with van der Waals surface area (Å²) in [4.78, 5) is 2.45. The smallest absolute Gasteiger partial charge is 0.0387 e. The molecule has 0 amide bonds. The fourth-order valence-electron chi connectivity index (χ4n) is 2.60. The first kappa shape index (κ1) is 10.3. The number of hydrogen-bond donors (Lipinski definition) is 1. The molecule has 0 bridgehead atoms. The highest BCUT2D eigenvalue weighted by molar-refractivity contribution is 5.56. The van der Waals surface area contributed by atoms with Crippen LogP contribution < -0.4 is 10.6 Å². The van der Waals surface area contributed by atoms with Gasteiger partial charge in [0, 0.05) is 24.5 Å². The van der Waals surface area contributed by atoms with Gasteiger partial charge < -0.3 is 10.6 Å². The van der Waals surface area contributed by atoms with Crippen molar-refractivity contribution in [3.05, 3.63) is 24.3 Å². The van der Waals surface area contributed by atoms with Crippen molar-refractivity contribution in [1.29, 1.82) is 0 Å². The molecule has 0 radical (unpaired) electrons. The lowest BCUT2D eigenvalue weighted by atomic mass is 9.91. The van der Waals surface area contributed by atoms with Crippen molar-refractivity contribution in [2.45, 2.75) is 20.3 Å². The van der Waals surface area contributed by atoms with Crippen LogP contribution in [0.1, 0.15) is 20.3 Å². The number of nitrogen functional groups attached to an aromatic ring is 1. The molecule has 2 N–H and O–H groups in total. The molecule has 2 nitrogen and oxygen atoms in total. The molecule has 0 unspecified atom stereocenters. The maximum Gasteiger partial charge on any atom is 0.0387 e. The molecule has 2 atom stereocenters. The van der Waals surface area contributed by atoms with Gasteiger partial charge in [-0.15, -0.1) is 0 Å². The SMILES string of the molecule is C[C@H]1C[C@H](C)CN(c2cccc(N)c2)C1. The lowest BCUT2D eigenvalue weighted by Crippen LogP contribution is -2.38. The Morgan fingerprint density at radius 2 is 1.87 bits per heavy atom. The van der Waals surface area contributed by atoms with Crippen molar-refractivity contribution in [1.82, 2.24) is 0 Å². The van der Waals surface area contributed by atoms with Crippen molar-refractivity contribution in [2.24, 2.45) is 11.8 Å². The molecule has 0 spiro atoms. The first-order valence-corrected chi connectivity index (χ1v) is 5.75. The van der Waals surface area contributed by atoms with E-state index in [0.717, 1.165) is 30.6 Å². The Morgan fingerprint density at radius 3 is 2.47 bits per heavy atom. The van der Waals surface area contributed by atoms with E-state index in [2.05, 4.69) is 30.9 Å². The van der Waals surface area contributed by atoms with Gasteiger partial charge in [-0.25, -0.2) is 0 Å². The molecule has 1 aliphatic rings. The standard InChI is InChI=1S/C13H20N2/c1-10-6-11(2)9-15(8-10)13-5-3-4-12(14)7-13/h3-5,7,10-11H,6,8-9,14H2,1-2H3/t10-,11-/m0/s1. The third-order valence-electron chi connectivity index (χ3n) is 3.10. The summed E-state index contributed by atoms with van der Waals surface area (Å²) >= 11 is 0. The molecule has 0 aromatic heterocycles. The first-order chi connectivity index (χ1) is 7.15. The third kappa shape index (κ3) is 2.44. The van der Waals surface area contributed by atoms with Gasteiger partial charge in [0.15, 0.2) is 0 Å². The minimum atomic E-state index is 0.787. The van der Waals surface area contributed by atoms with Crippen LogP contribution in [0.3, 0.4) is 0 Å². The fourth-order valence-corrected chi connectivity index (χ4v) is 2.60. The van der Waals surface area contributed by atoms with Crippen LogP contribution in [0.4, 0.5) is 11.4 Å². The largest absolute Gasteiger partial charge is 0.399 e.